The third-order valence-corrected chi connectivity index (χ3v) is 8.91. The van der Waals surface area contributed by atoms with E-state index in [9.17, 15) is 31.5 Å². The molecule has 0 aliphatic heterocycles. The van der Waals surface area contributed by atoms with Crippen molar-refractivity contribution in [1.82, 2.24) is 29.4 Å². The third-order valence-electron chi connectivity index (χ3n) is 7.81. The van der Waals surface area contributed by atoms with E-state index in [-0.39, 0.29) is 43.5 Å². The Morgan fingerprint density at radius 2 is 1.77 bits per heavy atom. The zero-order valence-corrected chi connectivity index (χ0v) is 26.7. The van der Waals surface area contributed by atoms with Gasteiger partial charge in [0, 0.05) is 29.3 Å². The number of anilines is 1. The second kappa shape index (κ2) is 12.1. The van der Waals surface area contributed by atoms with E-state index in [1.807, 2.05) is 20.8 Å². The van der Waals surface area contributed by atoms with Gasteiger partial charge in [0.05, 0.1) is 23.3 Å². The summed E-state index contributed by atoms with van der Waals surface area (Å²) in [5.41, 5.74) is 5.47. The fourth-order valence-electron chi connectivity index (χ4n) is 5.37. The van der Waals surface area contributed by atoms with Gasteiger partial charge in [0.1, 0.15) is 21.0 Å². The average molecular weight is 683 g/mol. The Kier molecular flexibility index (Phi) is 8.23. The molecule has 48 heavy (non-hydrogen) atoms. The van der Waals surface area contributed by atoms with Crippen molar-refractivity contribution in [1.29, 1.82) is 0 Å². The molecule has 0 saturated heterocycles. The van der Waals surface area contributed by atoms with E-state index in [1.54, 1.807) is 42.1 Å². The second-order valence-electron chi connectivity index (χ2n) is 11.3. The van der Waals surface area contributed by atoms with Crippen LogP contribution in [0.4, 0.5) is 27.6 Å². The van der Waals surface area contributed by atoms with Crippen LogP contribution in [0.1, 0.15) is 75.8 Å². The van der Waals surface area contributed by atoms with Crippen molar-refractivity contribution in [2.24, 2.45) is 5.73 Å². The number of carbonyl (C=O) groups is 2. The van der Waals surface area contributed by atoms with Gasteiger partial charge in [-0.25, -0.2) is 23.3 Å². The highest BCUT2D eigenvalue weighted by Gasteiger charge is 2.36. The number of alkyl halides is 5. The van der Waals surface area contributed by atoms with E-state index in [0.29, 0.717) is 39.2 Å². The molecule has 0 bridgehead atoms. The third kappa shape index (κ3) is 5.76. The number of primary amides is 1. The minimum Gasteiger partial charge on any atom is -0.365 e. The Hall–Kier alpha value is -5.25. The highest BCUT2D eigenvalue weighted by atomic mass is 32.1. The number of hydrogen-bond donors (Lipinski definition) is 2. The highest BCUT2D eigenvalue weighted by molar-refractivity contribution is 7.21. The minimum atomic E-state index is -4.86. The highest BCUT2D eigenvalue weighted by Crippen LogP contribution is 2.43. The molecule has 3 N–H and O–H groups in total. The molecule has 1 aromatic carbocycles. The van der Waals surface area contributed by atoms with Crippen molar-refractivity contribution < 1.29 is 31.5 Å². The summed E-state index contributed by atoms with van der Waals surface area (Å²) in [6.45, 7) is 7.95. The summed E-state index contributed by atoms with van der Waals surface area (Å²) >= 11 is 0.696. The van der Waals surface area contributed by atoms with Gasteiger partial charge in [-0.05, 0) is 43.0 Å². The summed E-state index contributed by atoms with van der Waals surface area (Å²) in [5, 5.41) is 10.9. The van der Waals surface area contributed by atoms with Crippen LogP contribution in [-0.4, -0.2) is 41.2 Å². The first-order valence-corrected chi connectivity index (χ1v) is 15.5. The van der Waals surface area contributed by atoms with Gasteiger partial charge in [-0.2, -0.15) is 23.4 Å². The van der Waals surface area contributed by atoms with Crippen LogP contribution < -0.4 is 11.1 Å². The van der Waals surface area contributed by atoms with Crippen LogP contribution in [0.5, 0.6) is 0 Å². The molecular formula is C32H27F5N8O2S. The van der Waals surface area contributed by atoms with Crippen LogP contribution in [-0.2, 0) is 12.7 Å². The van der Waals surface area contributed by atoms with Crippen molar-refractivity contribution in [2.45, 2.75) is 52.8 Å². The zero-order chi connectivity index (χ0) is 34.7. The average Bonchev–Trinajstić information content (AvgIpc) is 3.74. The maximum atomic E-state index is 14.3. The zero-order valence-electron chi connectivity index (χ0n) is 25.9. The summed E-state index contributed by atoms with van der Waals surface area (Å²) in [6.07, 6.45) is -5.26. The molecule has 5 heterocycles. The second-order valence-corrected chi connectivity index (χ2v) is 12.3. The molecule has 0 radical (unpaired) electrons. The molecule has 0 aliphatic carbocycles. The molecule has 0 saturated carbocycles. The van der Waals surface area contributed by atoms with E-state index < -0.39 is 41.5 Å². The number of carbonyl (C=O) groups excluding carboxylic acids is 2. The number of thiophene rings is 1. The van der Waals surface area contributed by atoms with Gasteiger partial charge >= 0.3 is 6.18 Å². The van der Waals surface area contributed by atoms with Gasteiger partial charge in [-0.3, -0.25) is 14.3 Å². The van der Waals surface area contributed by atoms with Gasteiger partial charge in [-0.15, -0.1) is 11.3 Å². The molecule has 5 aromatic heterocycles. The maximum Gasteiger partial charge on any atom is 0.433 e. The number of pyridine rings is 1. The SMILES string of the molecule is CCn1cc(-c2cc(C(F)F)nc3sc(C(N)=O)c(NC(=O)c4cnn5c(C(F)(F)F)cc(-c6ccc(C(C)C)cc6)nc45)c23)c(C)n1. The van der Waals surface area contributed by atoms with Crippen molar-refractivity contribution in [3.63, 3.8) is 0 Å². The fraction of sp³-hybridized carbons (Fsp3) is 0.250. The molecule has 0 spiro atoms. The van der Waals surface area contributed by atoms with Crippen molar-refractivity contribution >= 4 is 44.7 Å². The lowest BCUT2D eigenvalue weighted by Gasteiger charge is -2.13. The lowest BCUT2D eigenvalue weighted by atomic mass is 10.0. The van der Waals surface area contributed by atoms with Crippen LogP contribution in [0.15, 0.2) is 48.8 Å². The lowest BCUT2D eigenvalue weighted by molar-refractivity contribution is -0.142. The Balaban J connectivity index is 1.53. The summed E-state index contributed by atoms with van der Waals surface area (Å²) in [6, 6.07) is 8.85. The smallest absolute Gasteiger partial charge is 0.365 e. The summed E-state index contributed by atoms with van der Waals surface area (Å²) < 4.78 is 72.8. The Morgan fingerprint density at radius 3 is 2.35 bits per heavy atom. The summed E-state index contributed by atoms with van der Waals surface area (Å²) in [7, 11) is 0. The first-order chi connectivity index (χ1) is 22.7. The first-order valence-electron chi connectivity index (χ1n) is 14.6. The number of halogens is 5. The van der Waals surface area contributed by atoms with Gasteiger partial charge in [-0.1, -0.05) is 38.1 Å². The lowest BCUT2D eigenvalue weighted by Crippen LogP contribution is -2.18. The molecule has 16 heteroatoms. The van der Waals surface area contributed by atoms with Gasteiger partial charge in [0.15, 0.2) is 11.3 Å². The van der Waals surface area contributed by atoms with Crippen molar-refractivity contribution in [3.8, 4) is 22.4 Å². The van der Waals surface area contributed by atoms with Gasteiger partial charge < -0.3 is 11.1 Å². The Bertz CT molecular complexity index is 2220. The van der Waals surface area contributed by atoms with E-state index >= 15 is 0 Å². The Labute approximate surface area is 273 Å². The molecule has 2 amide bonds. The number of nitrogens with zero attached hydrogens (tertiary/aromatic N) is 6. The van der Waals surface area contributed by atoms with Crippen LogP contribution in [0, 0.1) is 6.92 Å². The summed E-state index contributed by atoms with van der Waals surface area (Å²) in [5.74, 6) is -1.76. The molecule has 0 aliphatic rings. The fourth-order valence-corrected chi connectivity index (χ4v) is 6.39. The standard InChI is InChI=1S/C32H27F5N8O2S/c1-5-44-13-20(15(4)43-44)18-10-22(27(33)34)41-31-24(18)25(26(48-31)28(38)46)42-30(47)19-12-39-45-23(32(35,36)37)11-21(40-29(19)45)17-8-6-16(7-9-17)14(2)3/h6-14,27H,5H2,1-4H3,(H2,38,46)(H,42,47). The minimum absolute atomic E-state index is 0.0139. The predicted octanol–water partition coefficient (Wildman–Crippen LogP) is 7.63. The number of aryl methyl sites for hydroxylation is 2. The van der Waals surface area contributed by atoms with Crippen LogP contribution >= 0.6 is 11.3 Å². The number of fused-ring (bicyclic) bond motifs is 2. The molecular weight excluding hydrogens is 655 g/mol. The molecule has 10 nitrogen and oxygen atoms in total. The number of amides is 2. The molecule has 0 atom stereocenters. The number of nitrogens with one attached hydrogen (secondary N) is 1. The van der Waals surface area contributed by atoms with E-state index in [1.165, 1.54) is 0 Å². The number of hydrogen-bond acceptors (Lipinski definition) is 7. The van der Waals surface area contributed by atoms with Gasteiger partial charge in [0.2, 0.25) is 0 Å². The van der Waals surface area contributed by atoms with Crippen LogP contribution in [0.2, 0.25) is 0 Å². The predicted molar refractivity (Wildman–Crippen MR) is 170 cm³/mol. The van der Waals surface area contributed by atoms with Crippen LogP contribution in [0.25, 0.3) is 38.2 Å². The molecule has 0 unspecified atom stereocenters. The van der Waals surface area contributed by atoms with E-state index in [2.05, 4.69) is 25.5 Å². The molecule has 0 fully saturated rings. The maximum absolute atomic E-state index is 14.3. The normalized spacial score (nSPS) is 12.1. The quantitative estimate of drug-likeness (QED) is 0.159. The number of nitrogens with two attached hydrogens (primary N) is 1. The van der Waals surface area contributed by atoms with E-state index in [0.717, 1.165) is 23.9 Å². The topological polar surface area (TPSA) is 133 Å². The molecule has 6 aromatic rings. The van der Waals surface area contributed by atoms with E-state index in [4.69, 9.17) is 5.73 Å². The largest absolute Gasteiger partial charge is 0.433 e. The molecule has 248 valence electrons. The monoisotopic (exact) mass is 682 g/mol. The van der Waals surface area contributed by atoms with Gasteiger partial charge in [0.25, 0.3) is 18.2 Å². The summed E-state index contributed by atoms with van der Waals surface area (Å²) in [4.78, 5) is 34.7. The molecule has 6 rings (SSSR count). The number of benzene rings is 1. The van der Waals surface area contributed by atoms with Crippen molar-refractivity contribution in [3.05, 3.63) is 81.9 Å². The number of rotatable bonds is 8. The Morgan fingerprint density at radius 1 is 1.06 bits per heavy atom. The number of aromatic nitrogens is 6. The van der Waals surface area contributed by atoms with Crippen LogP contribution in [0.3, 0.4) is 0 Å². The first kappa shape index (κ1) is 32.7. The van der Waals surface area contributed by atoms with Crippen molar-refractivity contribution in [2.75, 3.05) is 5.32 Å².